The first-order valence-electron chi connectivity index (χ1n) is 5.85. The van der Waals surface area contributed by atoms with Crippen LogP contribution in [0.25, 0.3) is 0 Å². The van der Waals surface area contributed by atoms with Crippen molar-refractivity contribution in [1.29, 1.82) is 0 Å². The molecule has 4 heteroatoms. The van der Waals surface area contributed by atoms with Crippen molar-refractivity contribution < 1.29 is 19.0 Å². The van der Waals surface area contributed by atoms with Crippen LogP contribution in [-0.4, -0.2) is 39.8 Å². The summed E-state index contributed by atoms with van der Waals surface area (Å²) in [5, 5.41) is 0. The smallest absolute Gasteiger partial charge is 0.188 e. The molecule has 0 spiro atoms. The van der Waals surface area contributed by atoms with Crippen LogP contribution in [-0.2, 0) is 9.47 Å². The summed E-state index contributed by atoms with van der Waals surface area (Å²) in [4.78, 5) is 12.0. The molecule has 0 aromatic heterocycles. The molecular weight excluding hydrogens is 232 g/mol. The van der Waals surface area contributed by atoms with Gasteiger partial charge in [0.05, 0.1) is 20.3 Å². The number of carbonyl (C=O) groups excluding carboxylic acids is 1. The van der Waals surface area contributed by atoms with Crippen LogP contribution < -0.4 is 4.74 Å². The number of hydrogen-bond acceptors (Lipinski definition) is 4. The molecule has 1 rings (SSSR count). The number of ketones is 1. The van der Waals surface area contributed by atoms with Gasteiger partial charge in [-0.2, -0.15) is 0 Å². The van der Waals surface area contributed by atoms with E-state index >= 15 is 0 Å². The summed E-state index contributed by atoms with van der Waals surface area (Å²) < 4.78 is 15.3. The topological polar surface area (TPSA) is 44.8 Å². The molecule has 0 heterocycles. The van der Waals surface area contributed by atoms with E-state index in [0.29, 0.717) is 18.8 Å². The maximum atomic E-state index is 12.0. The van der Waals surface area contributed by atoms with Crippen LogP contribution in [0.3, 0.4) is 0 Å². The van der Waals surface area contributed by atoms with Crippen LogP contribution in [0.5, 0.6) is 5.75 Å². The largest absolute Gasteiger partial charge is 0.496 e. The van der Waals surface area contributed by atoms with E-state index in [4.69, 9.17) is 14.2 Å². The van der Waals surface area contributed by atoms with E-state index in [9.17, 15) is 4.79 Å². The molecule has 0 fully saturated rings. The highest BCUT2D eigenvalue weighted by molar-refractivity contribution is 5.98. The lowest BCUT2D eigenvalue weighted by atomic mass is 10.0. The van der Waals surface area contributed by atoms with E-state index in [2.05, 4.69) is 0 Å². The molecule has 0 aliphatic rings. The SMILES string of the molecule is COCCOCC(=O)c1cc(C)c(OC)cc1C. The molecule has 0 unspecified atom stereocenters. The molecule has 4 nitrogen and oxygen atoms in total. The van der Waals surface area contributed by atoms with Crippen molar-refractivity contribution in [2.75, 3.05) is 34.0 Å². The average Bonchev–Trinajstić information content (AvgIpc) is 2.36. The average molecular weight is 252 g/mol. The highest BCUT2D eigenvalue weighted by Gasteiger charge is 2.12. The minimum atomic E-state index is -0.0191. The number of rotatable bonds is 7. The van der Waals surface area contributed by atoms with Crippen LogP contribution in [0, 0.1) is 13.8 Å². The fourth-order valence-electron chi connectivity index (χ4n) is 1.69. The number of Topliss-reactive ketones (excluding diaryl/α,β-unsaturated/α-hetero) is 1. The second kappa shape index (κ2) is 7.13. The lowest BCUT2D eigenvalue weighted by molar-refractivity contribution is 0.0576. The molecule has 0 radical (unpaired) electrons. The first-order valence-corrected chi connectivity index (χ1v) is 5.85. The van der Waals surface area contributed by atoms with Gasteiger partial charge < -0.3 is 14.2 Å². The summed E-state index contributed by atoms with van der Waals surface area (Å²) >= 11 is 0. The second-order valence-corrected chi connectivity index (χ2v) is 4.11. The van der Waals surface area contributed by atoms with Gasteiger partial charge in [-0.25, -0.2) is 0 Å². The predicted octanol–water partition coefficient (Wildman–Crippen LogP) is 2.16. The Labute approximate surface area is 108 Å². The Hall–Kier alpha value is -1.39. The molecule has 1 aromatic carbocycles. The Morgan fingerprint density at radius 3 is 2.44 bits per heavy atom. The van der Waals surface area contributed by atoms with Gasteiger partial charge in [0.1, 0.15) is 12.4 Å². The van der Waals surface area contributed by atoms with E-state index in [1.165, 1.54) is 0 Å². The Morgan fingerprint density at radius 2 is 1.83 bits per heavy atom. The van der Waals surface area contributed by atoms with Crippen molar-refractivity contribution >= 4 is 5.78 Å². The number of ether oxygens (including phenoxy) is 3. The quantitative estimate of drug-likeness (QED) is 0.551. The molecule has 0 atom stereocenters. The third-order valence-electron chi connectivity index (χ3n) is 2.71. The fourth-order valence-corrected chi connectivity index (χ4v) is 1.69. The summed E-state index contributed by atoms with van der Waals surface area (Å²) in [6, 6.07) is 3.72. The summed E-state index contributed by atoms with van der Waals surface area (Å²) in [5.41, 5.74) is 2.53. The molecule has 0 saturated carbocycles. The van der Waals surface area contributed by atoms with Crippen molar-refractivity contribution in [3.8, 4) is 5.75 Å². The molecule has 0 saturated heterocycles. The highest BCUT2D eigenvalue weighted by Crippen LogP contribution is 2.22. The maximum absolute atomic E-state index is 12.0. The van der Waals surface area contributed by atoms with Gasteiger partial charge >= 0.3 is 0 Å². The summed E-state index contributed by atoms with van der Waals surface area (Å²) in [6.07, 6.45) is 0. The Kier molecular flexibility index (Phi) is 5.82. The van der Waals surface area contributed by atoms with Gasteiger partial charge in [0, 0.05) is 12.7 Å². The van der Waals surface area contributed by atoms with Crippen molar-refractivity contribution in [3.05, 3.63) is 28.8 Å². The monoisotopic (exact) mass is 252 g/mol. The minimum Gasteiger partial charge on any atom is -0.496 e. The van der Waals surface area contributed by atoms with Crippen LogP contribution in [0.2, 0.25) is 0 Å². The van der Waals surface area contributed by atoms with Gasteiger partial charge in [0.2, 0.25) is 0 Å². The molecule has 0 aliphatic heterocycles. The van der Waals surface area contributed by atoms with E-state index < -0.39 is 0 Å². The van der Waals surface area contributed by atoms with Crippen LogP contribution >= 0.6 is 0 Å². The second-order valence-electron chi connectivity index (χ2n) is 4.11. The normalized spacial score (nSPS) is 10.4. The summed E-state index contributed by atoms with van der Waals surface area (Å²) in [5.74, 6) is 0.777. The molecule has 18 heavy (non-hydrogen) atoms. The highest BCUT2D eigenvalue weighted by atomic mass is 16.5. The van der Waals surface area contributed by atoms with E-state index in [1.54, 1.807) is 14.2 Å². The molecule has 0 aliphatic carbocycles. The fraction of sp³-hybridized carbons (Fsp3) is 0.500. The maximum Gasteiger partial charge on any atom is 0.188 e. The molecule has 0 amide bonds. The Bertz CT molecular complexity index is 413. The van der Waals surface area contributed by atoms with Gasteiger partial charge in [0.15, 0.2) is 5.78 Å². The van der Waals surface area contributed by atoms with Gasteiger partial charge in [0.25, 0.3) is 0 Å². The van der Waals surface area contributed by atoms with Crippen molar-refractivity contribution in [2.24, 2.45) is 0 Å². The first-order chi connectivity index (χ1) is 8.60. The lowest BCUT2D eigenvalue weighted by Crippen LogP contribution is -2.13. The zero-order valence-electron chi connectivity index (χ0n) is 11.4. The standard InChI is InChI=1S/C14H20O4/c1-10-8-14(17-4)11(2)7-12(10)13(15)9-18-6-5-16-3/h7-8H,5-6,9H2,1-4H3. The molecule has 1 aromatic rings. The van der Waals surface area contributed by atoms with E-state index in [1.807, 2.05) is 26.0 Å². The van der Waals surface area contributed by atoms with Crippen molar-refractivity contribution in [1.82, 2.24) is 0 Å². The van der Waals surface area contributed by atoms with Gasteiger partial charge in [-0.1, -0.05) is 0 Å². The van der Waals surface area contributed by atoms with Gasteiger partial charge in [-0.05, 0) is 37.1 Å². The summed E-state index contributed by atoms with van der Waals surface area (Å²) in [7, 11) is 3.22. The van der Waals surface area contributed by atoms with Crippen LogP contribution in [0.4, 0.5) is 0 Å². The van der Waals surface area contributed by atoms with Crippen molar-refractivity contribution in [3.63, 3.8) is 0 Å². The van der Waals surface area contributed by atoms with Gasteiger partial charge in [-0.3, -0.25) is 4.79 Å². The van der Waals surface area contributed by atoms with Crippen LogP contribution in [0.15, 0.2) is 12.1 Å². The van der Waals surface area contributed by atoms with E-state index in [-0.39, 0.29) is 12.4 Å². The zero-order valence-corrected chi connectivity index (χ0v) is 11.4. The number of methoxy groups -OCH3 is 2. The zero-order chi connectivity index (χ0) is 13.5. The number of aryl methyl sites for hydroxylation is 2. The Balaban J connectivity index is 2.71. The lowest BCUT2D eigenvalue weighted by Gasteiger charge is -2.10. The third kappa shape index (κ3) is 3.82. The number of carbonyl (C=O) groups is 1. The predicted molar refractivity (Wildman–Crippen MR) is 69.5 cm³/mol. The van der Waals surface area contributed by atoms with E-state index in [0.717, 1.165) is 16.9 Å². The number of hydrogen-bond donors (Lipinski definition) is 0. The minimum absolute atomic E-state index is 0.0191. The third-order valence-corrected chi connectivity index (χ3v) is 2.71. The first kappa shape index (κ1) is 14.7. The van der Waals surface area contributed by atoms with Crippen LogP contribution in [0.1, 0.15) is 21.5 Å². The van der Waals surface area contributed by atoms with Crippen molar-refractivity contribution in [2.45, 2.75) is 13.8 Å². The molecule has 0 N–H and O–H groups in total. The molecule has 0 bridgehead atoms. The molecular formula is C14H20O4. The molecule has 100 valence electrons. The van der Waals surface area contributed by atoms with Gasteiger partial charge in [-0.15, -0.1) is 0 Å². The Morgan fingerprint density at radius 1 is 1.11 bits per heavy atom. The summed E-state index contributed by atoms with van der Waals surface area (Å²) in [6.45, 7) is 4.81. The number of benzene rings is 1.